The summed E-state index contributed by atoms with van der Waals surface area (Å²) in [6.45, 7) is 1.40. The van der Waals surface area contributed by atoms with Gasteiger partial charge in [0.2, 0.25) is 0 Å². The Labute approximate surface area is 79.8 Å². The zero-order chi connectivity index (χ0) is 10.1. The van der Waals surface area contributed by atoms with Gasteiger partial charge in [0.05, 0.1) is 5.69 Å². The van der Waals surface area contributed by atoms with Crippen molar-refractivity contribution in [2.24, 2.45) is 0 Å². The molecule has 1 aromatic carbocycles. The van der Waals surface area contributed by atoms with Crippen LogP contribution in [0.15, 0.2) is 30.6 Å². The Morgan fingerprint density at radius 3 is 2.36 bits per heavy atom. The van der Waals surface area contributed by atoms with Gasteiger partial charge in [0, 0.05) is 30.1 Å². The summed E-state index contributed by atoms with van der Waals surface area (Å²) in [4.78, 5) is 0. The maximum atomic E-state index is 13.2. The molecule has 2 aromatic rings. The molecule has 0 bridgehead atoms. The van der Waals surface area contributed by atoms with E-state index in [4.69, 9.17) is 0 Å². The number of hydrogen-bond donors (Lipinski definition) is 0. The van der Waals surface area contributed by atoms with Gasteiger partial charge in [0.25, 0.3) is 0 Å². The van der Waals surface area contributed by atoms with Crippen molar-refractivity contribution < 1.29 is 8.78 Å². The van der Waals surface area contributed by atoms with Gasteiger partial charge in [-0.05, 0) is 13.0 Å². The lowest BCUT2D eigenvalue weighted by atomic mass is 10.2. The molecule has 1 heterocycles. The van der Waals surface area contributed by atoms with Crippen molar-refractivity contribution in [1.29, 1.82) is 0 Å². The minimum atomic E-state index is -0.560. The zero-order valence-corrected chi connectivity index (χ0v) is 7.54. The summed E-state index contributed by atoms with van der Waals surface area (Å²) in [6, 6.07) is 4.20. The lowest BCUT2D eigenvalue weighted by molar-refractivity contribution is 0.565. The molecule has 0 spiro atoms. The number of halogens is 2. The number of benzene rings is 1. The molecule has 0 amide bonds. The summed E-state index contributed by atoms with van der Waals surface area (Å²) in [6.07, 6.45) is 3.18. The molecule has 14 heavy (non-hydrogen) atoms. The molecule has 0 unspecified atom stereocenters. The topological polar surface area (TPSA) is 17.8 Å². The van der Waals surface area contributed by atoms with E-state index in [2.05, 4.69) is 5.10 Å². The Bertz CT molecular complexity index is 426. The third-order valence-corrected chi connectivity index (χ3v) is 2.03. The molecular weight excluding hydrogens is 186 g/mol. The van der Waals surface area contributed by atoms with Crippen molar-refractivity contribution in [1.82, 2.24) is 9.78 Å². The third kappa shape index (κ3) is 1.39. The molecule has 0 N–H and O–H groups in total. The van der Waals surface area contributed by atoms with Crippen molar-refractivity contribution in [3.63, 3.8) is 0 Å². The molecule has 0 aliphatic rings. The van der Waals surface area contributed by atoms with Gasteiger partial charge >= 0.3 is 0 Å². The minimum absolute atomic E-state index is 0.0286. The Hall–Kier alpha value is -1.71. The van der Waals surface area contributed by atoms with Gasteiger partial charge in [0.15, 0.2) is 0 Å². The Balaban J connectivity index is 2.57. The number of rotatable bonds is 1. The van der Waals surface area contributed by atoms with Gasteiger partial charge in [-0.1, -0.05) is 0 Å². The molecule has 0 saturated heterocycles. The van der Waals surface area contributed by atoms with E-state index in [1.54, 1.807) is 18.5 Å². The van der Waals surface area contributed by atoms with Crippen molar-refractivity contribution in [3.8, 4) is 5.69 Å². The molecule has 72 valence electrons. The molecule has 0 atom stereocenters. The van der Waals surface area contributed by atoms with Crippen LogP contribution < -0.4 is 0 Å². The van der Waals surface area contributed by atoms with E-state index in [0.717, 1.165) is 0 Å². The molecule has 1 aromatic heterocycles. The van der Waals surface area contributed by atoms with Gasteiger partial charge in [-0.3, -0.25) is 0 Å². The predicted molar refractivity (Wildman–Crippen MR) is 48.2 cm³/mol. The molecule has 0 aliphatic carbocycles. The third-order valence-electron chi connectivity index (χ3n) is 2.03. The number of aromatic nitrogens is 2. The predicted octanol–water partition coefficient (Wildman–Crippen LogP) is 2.46. The smallest absolute Gasteiger partial charge is 0.131 e. The van der Waals surface area contributed by atoms with Crippen molar-refractivity contribution in [3.05, 3.63) is 47.8 Å². The average Bonchev–Trinajstić information content (AvgIpc) is 2.66. The molecule has 0 fully saturated rings. The van der Waals surface area contributed by atoms with Crippen LogP contribution in [-0.2, 0) is 0 Å². The van der Waals surface area contributed by atoms with Gasteiger partial charge in [-0.15, -0.1) is 0 Å². The van der Waals surface area contributed by atoms with Crippen molar-refractivity contribution >= 4 is 0 Å². The summed E-state index contributed by atoms with van der Waals surface area (Å²) in [5.74, 6) is -1.12. The maximum absolute atomic E-state index is 13.2. The van der Waals surface area contributed by atoms with Gasteiger partial charge in [0.1, 0.15) is 11.6 Å². The van der Waals surface area contributed by atoms with Crippen molar-refractivity contribution in [2.75, 3.05) is 0 Å². The van der Waals surface area contributed by atoms with Gasteiger partial charge < -0.3 is 0 Å². The second kappa shape index (κ2) is 3.21. The highest BCUT2D eigenvalue weighted by molar-refractivity contribution is 5.35. The van der Waals surface area contributed by atoms with E-state index in [9.17, 15) is 8.78 Å². The molecule has 2 rings (SSSR count). The van der Waals surface area contributed by atoms with E-state index in [0.29, 0.717) is 5.69 Å². The lowest BCUT2D eigenvalue weighted by Crippen LogP contribution is -1.98. The van der Waals surface area contributed by atoms with Crippen LogP contribution in [0, 0.1) is 18.6 Å². The largest absolute Gasteiger partial charge is 0.241 e. The Morgan fingerprint density at radius 2 is 1.86 bits per heavy atom. The number of nitrogens with zero attached hydrogens (tertiary/aromatic N) is 2. The number of hydrogen-bond acceptors (Lipinski definition) is 1. The molecule has 4 heteroatoms. The fourth-order valence-electron chi connectivity index (χ4n) is 1.19. The van der Waals surface area contributed by atoms with Crippen LogP contribution in [0.3, 0.4) is 0 Å². The normalized spacial score (nSPS) is 10.5. The molecule has 0 saturated carbocycles. The second-order valence-corrected chi connectivity index (χ2v) is 2.99. The molecular formula is C10H8F2N2. The minimum Gasteiger partial charge on any atom is -0.241 e. The van der Waals surface area contributed by atoms with E-state index in [1.807, 2.05) is 0 Å². The molecule has 0 aliphatic heterocycles. The van der Waals surface area contributed by atoms with Crippen LogP contribution in [-0.4, -0.2) is 9.78 Å². The summed E-state index contributed by atoms with van der Waals surface area (Å²) in [5, 5.41) is 3.88. The first-order valence-corrected chi connectivity index (χ1v) is 4.14. The summed E-state index contributed by atoms with van der Waals surface area (Å²) < 4.78 is 27.7. The van der Waals surface area contributed by atoms with Crippen LogP contribution in [0.5, 0.6) is 0 Å². The monoisotopic (exact) mass is 194 g/mol. The van der Waals surface area contributed by atoms with Crippen LogP contribution in [0.25, 0.3) is 5.69 Å². The first kappa shape index (κ1) is 8.87. The molecule has 0 radical (unpaired) electrons. The highest BCUT2D eigenvalue weighted by Gasteiger charge is 2.07. The highest BCUT2D eigenvalue weighted by atomic mass is 19.1. The fourth-order valence-corrected chi connectivity index (χ4v) is 1.19. The quantitative estimate of drug-likeness (QED) is 0.681. The van der Waals surface area contributed by atoms with Crippen molar-refractivity contribution in [2.45, 2.75) is 6.92 Å². The maximum Gasteiger partial charge on any atom is 0.131 e. The summed E-state index contributed by atoms with van der Waals surface area (Å²) >= 11 is 0. The van der Waals surface area contributed by atoms with E-state index >= 15 is 0 Å². The zero-order valence-electron chi connectivity index (χ0n) is 7.54. The summed E-state index contributed by atoms with van der Waals surface area (Å²) in [7, 11) is 0. The van der Waals surface area contributed by atoms with Gasteiger partial charge in [-0.25, -0.2) is 13.5 Å². The standard InChI is InChI=1S/C10H8F2N2/c1-7-9(11)5-8(6-10(7)12)14-4-2-3-13-14/h2-6H,1H3. The van der Waals surface area contributed by atoms with Crippen LogP contribution in [0.1, 0.15) is 5.56 Å². The van der Waals surface area contributed by atoms with Crippen LogP contribution in [0.2, 0.25) is 0 Å². The first-order chi connectivity index (χ1) is 6.68. The van der Waals surface area contributed by atoms with E-state index in [-0.39, 0.29) is 5.56 Å². The van der Waals surface area contributed by atoms with Crippen LogP contribution >= 0.6 is 0 Å². The summed E-state index contributed by atoms with van der Waals surface area (Å²) in [5.41, 5.74) is 0.413. The van der Waals surface area contributed by atoms with E-state index < -0.39 is 11.6 Å². The highest BCUT2D eigenvalue weighted by Crippen LogP contribution is 2.16. The Morgan fingerprint density at radius 1 is 1.21 bits per heavy atom. The average molecular weight is 194 g/mol. The SMILES string of the molecule is Cc1c(F)cc(-n2cccn2)cc1F. The van der Waals surface area contributed by atoms with Gasteiger partial charge in [-0.2, -0.15) is 5.10 Å². The lowest BCUT2D eigenvalue weighted by Gasteiger charge is -2.04. The first-order valence-electron chi connectivity index (χ1n) is 4.14. The molecule has 2 nitrogen and oxygen atoms in total. The second-order valence-electron chi connectivity index (χ2n) is 2.99. The van der Waals surface area contributed by atoms with E-state index in [1.165, 1.54) is 23.7 Å². The fraction of sp³-hybridized carbons (Fsp3) is 0.100. The Kier molecular flexibility index (Phi) is 2.04. The van der Waals surface area contributed by atoms with Crippen LogP contribution in [0.4, 0.5) is 8.78 Å².